The van der Waals surface area contributed by atoms with E-state index in [0.717, 1.165) is 13.1 Å². The molecule has 172 valence electrons. The molecule has 1 amide bonds. The third-order valence-electron chi connectivity index (χ3n) is 6.20. The Morgan fingerprint density at radius 1 is 1.03 bits per heavy atom. The van der Waals surface area contributed by atoms with Crippen LogP contribution in [-0.4, -0.2) is 62.2 Å². The number of nitrogens with zero attached hydrogens (tertiary/aromatic N) is 2. The van der Waals surface area contributed by atoms with E-state index >= 15 is 0 Å². The number of methoxy groups -OCH3 is 1. The predicted molar refractivity (Wildman–Crippen MR) is 126 cm³/mol. The third-order valence-corrected chi connectivity index (χ3v) is 6.93. The van der Waals surface area contributed by atoms with Crippen LogP contribution in [0.1, 0.15) is 27.7 Å². The molecule has 0 N–H and O–H groups in total. The lowest BCUT2D eigenvalue weighted by Gasteiger charge is -2.31. The van der Waals surface area contributed by atoms with Crippen LogP contribution in [0.3, 0.4) is 0 Å². The highest BCUT2D eigenvalue weighted by atomic mass is 35.5. The Kier molecular flexibility index (Phi) is 6.05. The van der Waals surface area contributed by atoms with Crippen LogP contribution < -0.4 is 10.2 Å². The molecule has 0 aliphatic carbocycles. The van der Waals surface area contributed by atoms with Crippen molar-refractivity contribution in [2.24, 2.45) is 0 Å². The highest BCUT2D eigenvalue weighted by Crippen LogP contribution is 2.40. The van der Waals surface area contributed by atoms with Gasteiger partial charge in [-0.15, -0.1) is 0 Å². The number of amides is 1. The van der Waals surface area contributed by atoms with Gasteiger partial charge in [-0.1, -0.05) is 29.3 Å². The molecule has 2 aromatic carbocycles. The molecule has 3 aromatic rings. The van der Waals surface area contributed by atoms with Gasteiger partial charge in [-0.3, -0.25) is 14.5 Å². The van der Waals surface area contributed by atoms with Crippen molar-refractivity contribution < 1.29 is 18.7 Å². The lowest BCUT2D eigenvalue weighted by atomic mass is 9.98. The maximum atomic E-state index is 13.6. The fourth-order valence-electron chi connectivity index (χ4n) is 4.46. The third kappa shape index (κ3) is 3.99. The number of carbonyl (C=O) groups is 1. The van der Waals surface area contributed by atoms with E-state index in [1.54, 1.807) is 41.3 Å². The molecule has 0 bridgehead atoms. The summed E-state index contributed by atoms with van der Waals surface area (Å²) in [6, 6.07) is 9.53. The monoisotopic (exact) mass is 488 g/mol. The summed E-state index contributed by atoms with van der Waals surface area (Å²) in [5.74, 6) is 0.274. The molecule has 7 nitrogen and oxygen atoms in total. The molecular weight excluding hydrogens is 467 g/mol. The van der Waals surface area contributed by atoms with Gasteiger partial charge in [0.25, 0.3) is 5.91 Å². The summed E-state index contributed by atoms with van der Waals surface area (Å²) in [7, 11) is 1.53. The molecule has 5 rings (SSSR count). The molecule has 1 unspecified atom stereocenters. The molecule has 1 aromatic heterocycles. The van der Waals surface area contributed by atoms with Crippen LogP contribution in [0.2, 0.25) is 10.0 Å². The molecule has 0 spiro atoms. The van der Waals surface area contributed by atoms with Gasteiger partial charge in [-0.2, -0.15) is 0 Å². The van der Waals surface area contributed by atoms with Crippen LogP contribution in [0.15, 0.2) is 45.6 Å². The zero-order valence-corrected chi connectivity index (χ0v) is 19.5. The number of hydrogen-bond acceptors (Lipinski definition) is 6. The number of halogens is 2. The van der Waals surface area contributed by atoms with Gasteiger partial charge in [0.05, 0.1) is 47.4 Å². The Morgan fingerprint density at radius 3 is 2.55 bits per heavy atom. The summed E-state index contributed by atoms with van der Waals surface area (Å²) in [5, 5.41) is 1.16. The maximum absolute atomic E-state index is 13.6. The summed E-state index contributed by atoms with van der Waals surface area (Å²) in [4.78, 5) is 31.0. The molecule has 0 saturated carbocycles. The van der Waals surface area contributed by atoms with Gasteiger partial charge in [0.15, 0.2) is 5.43 Å². The smallest absolute Gasteiger partial charge is 0.290 e. The molecule has 9 heteroatoms. The van der Waals surface area contributed by atoms with Gasteiger partial charge >= 0.3 is 0 Å². The first-order valence-electron chi connectivity index (χ1n) is 10.7. The minimum absolute atomic E-state index is 0.0544. The summed E-state index contributed by atoms with van der Waals surface area (Å²) in [5.41, 5.74) is 1.10. The molecule has 3 heterocycles. The van der Waals surface area contributed by atoms with E-state index in [-0.39, 0.29) is 17.1 Å². The van der Waals surface area contributed by atoms with Gasteiger partial charge in [0.1, 0.15) is 11.3 Å². The fourth-order valence-corrected chi connectivity index (χ4v) is 4.77. The summed E-state index contributed by atoms with van der Waals surface area (Å²) in [6.45, 7) is 4.01. The van der Waals surface area contributed by atoms with Gasteiger partial charge in [0, 0.05) is 32.2 Å². The summed E-state index contributed by atoms with van der Waals surface area (Å²) >= 11 is 12.4. The Hall–Kier alpha value is -2.58. The Balaban J connectivity index is 1.62. The number of benzene rings is 2. The summed E-state index contributed by atoms with van der Waals surface area (Å²) in [6.07, 6.45) is 0. The van der Waals surface area contributed by atoms with E-state index in [2.05, 4.69) is 4.90 Å². The predicted octanol–water partition coefficient (Wildman–Crippen LogP) is 3.99. The van der Waals surface area contributed by atoms with Crippen molar-refractivity contribution in [2.45, 2.75) is 6.04 Å². The average Bonchev–Trinajstić information content (AvgIpc) is 3.11. The minimum Gasteiger partial charge on any atom is -0.497 e. The zero-order valence-electron chi connectivity index (χ0n) is 18.0. The number of morpholine rings is 1. The van der Waals surface area contributed by atoms with Crippen molar-refractivity contribution in [2.75, 3.05) is 46.5 Å². The van der Waals surface area contributed by atoms with Gasteiger partial charge in [0.2, 0.25) is 5.76 Å². The normalized spacial score (nSPS) is 18.7. The number of fused-ring (bicyclic) bond motifs is 2. The lowest BCUT2D eigenvalue weighted by Crippen LogP contribution is -2.42. The molecule has 1 atom stereocenters. The van der Waals surface area contributed by atoms with E-state index in [1.165, 1.54) is 7.11 Å². The largest absolute Gasteiger partial charge is 0.497 e. The van der Waals surface area contributed by atoms with Crippen molar-refractivity contribution >= 4 is 40.1 Å². The standard InChI is InChI=1S/C24H22Cl2N2O5/c1-31-15-3-4-16-19(13-15)33-23-20(22(16)29)21(14-2-5-17(25)18(26)12-14)28(24(23)30)7-6-27-8-10-32-11-9-27/h2-5,12-13,21H,6-11H2,1H3. The molecule has 1 saturated heterocycles. The van der Waals surface area contributed by atoms with Crippen molar-refractivity contribution in [3.63, 3.8) is 0 Å². The first-order chi connectivity index (χ1) is 16.0. The van der Waals surface area contributed by atoms with E-state index in [9.17, 15) is 9.59 Å². The molecule has 0 radical (unpaired) electrons. The van der Waals surface area contributed by atoms with E-state index in [4.69, 9.17) is 37.1 Å². The van der Waals surface area contributed by atoms with Gasteiger partial charge in [-0.25, -0.2) is 0 Å². The second kappa shape index (κ2) is 8.99. The Bertz CT molecular complexity index is 1290. The number of hydrogen-bond donors (Lipinski definition) is 0. The first-order valence-corrected chi connectivity index (χ1v) is 11.4. The Morgan fingerprint density at radius 2 is 1.82 bits per heavy atom. The summed E-state index contributed by atoms with van der Waals surface area (Å²) < 4.78 is 16.7. The Labute approximate surface area is 200 Å². The van der Waals surface area contributed by atoms with Gasteiger partial charge < -0.3 is 18.8 Å². The van der Waals surface area contributed by atoms with Crippen LogP contribution in [0, 0.1) is 0 Å². The number of rotatable bonds is 5. The zero-order chi connectivity index (χ0) is 23.1. The second-order valence-electron chi connectivity index (χ2n) is 8.06. The average molecular weight is 489 g/mol. The second-order valence-corrected chi connectivity index (χ2v) is 8.88. The van der Waals surface area contributed by atoms with Crippen LogP contribution in [-0.2, 0) is 4.74 Å². The topological polar surface area (TPSA) is 72.2 Å². The van der Waals surface area contributed by atoms with E-state index in [1.807, 2.05) is 0 Å². The van der Waals surface area contributed by atoms with Crippen molar-refractivity contribution in [1.29, 1.82) is 0 Å². The fraction of sp³-hybridized carbons (Fsp3) is 0.333. The molecule has 33 heavy (non-hydrogen) atoms. The van der Waals surface area contributed by atoms with Crippen LogP contribution in [0.4, 0.5) is 0 Å². The highest BCUT2D eigenvalue weighted by Gasteiger charge is 2.42. The maximum Gasteiger partial charge on any atom is 0.290 e. The van der Waals surface area contributed by atoms with Crippen LogP contribution >= 0.6 is 23.2 Å². The minimum atomic E-state index is -0.619. The molecular formula is C24H22Cl2N2O5. The SMILES string of the molecule is COc1ccc2c(=O)c3c(oc2c1)C(=O)N(CCN1CCOCC1)C3c1ccc(Cl)c(Cl)c1. The number of ether oxygens (including phenoxy) is 2. The van der Waals surface area contributed by atoms with Crippen LogP contribution in [0.5, 0.6) is 5.75 Å². The van der Waals surface area contributed by atoms with E-state index in [0.29, 0.717) is 64.2 Å². The molecule has 2 aliphatic rings. The molecule has 1 fully saturated rings. The quantitative estimate of drug-likeness (QED) is 0.540. The van der Waals surface area contributed by atoms with Crippen LogP contribution in [0.25, 0.3) is 11.0 Å². The van der Waals surface area contributed by atoms with Crippen molar-refractivity contribution in [1.82, 2.24) is 9.80 Å². The van der Waals surface area contributed by atoms with Crippen molar-refractivity contribution in [3.05, 3.63) is 73.6 Å². The highest BCUT2D eigenvalue weighted by molar-refractivity contribution is 6.42. The lowest BCUT2D eigenvalue weighted by molar-refractivity contribution is 0.0314. The number of carbonyl (C=O) groups excluding carboxylic acids is 1. The molecule has 2 aliphatic heterocycles. The van der Waals surface area contributed by atoms with E-state index < -0.39 is 6.04 Å². The first kappa shape index (κ1) is 22.2. The van der Waals surface area contributed by atoms with Gasteiger partial charge in [-0.05, 0) is 29.8 Å². The van der Waals surface area contributed by atoms with Crippen molar-refractivity contribution in [3.8, 4) is 5.75 Å².